The second-order valence-corrected chi connectivity index (χ2v) is 9.30. The summed E-state index contributed by atoms with van der Waals surface area (Å²) in [6.45, 7) is 6.51. The van der Waals surface area contributed by atoms with Crippen molar-refractivity contribution in [1.82, 2.24) is 19.9 Å². The lowest BCUT2D eigenvalue weighted by Crippen LogP contribution is -2.55. The number of thiol groups is 1. The van der Waals surface area contributed by atoms with E-state index in [1.54, 1.807) is 6.33 Å². The molecule has 3 aromatic rings. The van der Waals surface area contributed by atoms with Gasteiger partial charge in [-0.15, -0.1) is 24.0 Å². The maximum absolute atomic E-state index is 4.60. The summed E-state index contributed by atoms with van der Waals surface area (Å²) in [5, 5.41) is 1.13. The highest BCUT2D eigenvalue weighted by Gasteiger charge is 2.51. The van der Waals surface area contributed by atoms with E-state index in [0.717, 1.165) is 54.3 Å². The Morgan fingerprint density at radius 1 is 1.31 bits per heavy atom. The summed E-state index contributed by atoms with van der Waals surface area (Å²) >= 11 is 6.43. The number of rotatable bonds is 4. The topological polar surface area (TPSA) is 48.1 Å². The Hall–Kier alpha value is -1.57. The van der Waals surface area contributed by atoms with Crippen LogP contribution in [0.25, 0.3) is 11.0 Å². The zero-order valence-electron chi connectivity index (χ0n) is 14.9. The van der Waals surface area contributed by atoms with Gasteiger partial charge in [0.15, 0.2) is 0 Å². The predicted octanol–water partition coefficient (Wildman–Crippen LogP) is 3.51. The van der Waals surface area contributed by atoms with Gasteiger partial charge in [0.05, 0.1) is 5.39 Å². The van der Waals surface area contributed by atoms with E-state index in [2.05, 4.69) is 56.4 Å². The van der Waals surface area contributed by atoms with Gasteiger partial charge in [0.25, 0.3) is 0 Å². The summed E-state index contributed by atoms with van der Waals surface area (Å²) in [5.41, 5.74) is 1.28. The van der Waals surface area contributed by atoms with E-state index in [0.29, 0.717) is 5.54 Å². The van der Waals surface area contributed by atoms with Crippen molar-refractivity contribution < 1.29 is 0 Å². The summed E-state index contributed by atoms with van der Waals surface area (Å²) < 4.78 is 0. The van der Waals surface area contributed by atoms with Crippen LogP contribution in [0.1, 0.15) is 22.6 Å². The molecule has 1 spiro atoms. The SMILES string of the molecule is Cc1sc(CCN2CCN(c3ncnc4[nH]ccc34)CC23CC3)cc1S. The maximum atomic E-state index is 4.60. The lowest BCUT2D eigenvalue weighted by Gasteiger charge is -2.42. The molecule has 2 fully saturated rings. The van der Waals surface area contributed by atoms with Gasteiger partial charge in [0.2, 0.25) is 0 Å². The first kappa shape index (κ1) is 16.6. The minimum Gasteiger partial charge on any atom is -0.353 e. The average molecular weight is 386 g/mol. The first-order chi connectivity index (χ1) is 12.6. The van der Waals surface area contributed by atoms with Crippen LogP contribution in [0.5, 0.6) is 0 Å². The number of H-pyrrole nitrogens is 1. The van der Waals surface area contributed by atoms with Gasteiger partial charge in [-0.2, -0.15) is 0 Å². The molecule has 3 aromatic heterocycles. The zero-order valence-corrected chi connectivity index (χ0v) is 16.6. The predicted molar refractivity (Wildman–Crippen MR) is 110 cm³/mol. The molecule has 0 unspecified atom stereocenters. The average Bonchev–Trinajstić information content (AvgIpc) is 3.09. The summed E-state index contributed by atoms with van der Waals surface area (Å²) in [7, 11) is 0. The molecule has 136 valence electrons. The molecule has 1 aliphatic carbocycles. The second kappa shape index (κ2) is 6.25. The number of thiophene rings is 1. The molecule has 0 bridgehead atoms. The van der Waals surface area contributed by atoms with E-state index in [9.17, 15) is 0 Å². The zero-order chi connectivity index (χ0) is 17.7. The number of aromatic nitrogens is 3. The van der Waals surface area contributed by atoms with E-state index >= 15 is 0 Å². The largest absolute Gasteiger partial charge is 0.353 e. The van der Waals surface area contributed by atoms with Crippen LogP contribution in [0.3, 0.4) is 0 Å². The highest BCUT2D eigenvalue weighted by molar-refractivity contribution is 7.80. The van der Waals surface area contributed by atoms with Crippen molar-refractivity contribution in [2.24, 2.45) is 0 Å². The van der Waals surface area contributed by atoms with E-state index < -0.39 is 0 Å². The van der Waals surface area contributed by atoms with Crippen molar-refractivity contribution in [3.8, 4) is 0 Å². The molecule has 0 aromatic carbocycles. The molecule has 2 aliphatic rings. The number of hydrogen-bond acceptors (Lipinski definition) is 6. The fourth-order valence-electron chi connectivity index (χ4n) is 4.17. The molecule has 4 heterocycles. The van der Waals surface area contributed by atoms with Crippen molar-refractivity contribution in [3.05, 3.63) is 34.4 Å². The van der Waals surface area contributed by atoms with E-state index in [4.69, 9.17) is 0 Å². The van der Waals surface area contributed by atoms with Gasteiger partial charge in [-0.25, -0.2) is 9.97 Å². The van der Waals surface area contributed by atoms with Crippen LogP contribution in [-0.2, 0) is 6.42 Å². The standard InChI is InChI=1S/C19H23N5S2/c1-13-16(25)10-14(26-13)3-7-24-9-8-23(11-19(24)4-5-19)18-15-2-6-20-17(15)21-12-22-18/h2,6,10,12,25H,3-5,7-9,11H2,1H3,(H,20,21,22). The van der Waals surface area contributed by atoms with Crippen molar-refractivity contribution in [2.75, 3.05) is 31.1 Å². The third kappa shape index (κ3) is 2.82. The molecular formula is C19H23N5S2. The normalized spacial score (nSPS) is 19.5. The lowest BCUT2D eigenvalue weighted by molar-refractivity contribution is 0.160. The van der Waals surface area contributed by atoms with E-state index in [-0.39, 0.29) is 0 Å². The van der Waals surface area contributed by atoms with Crippen LogP contribution in [0.4, 0.5) is 5.82 Å². The Morgan fingerprint density at radius 2 is 2.19 bits per heavy atom. The summed E-state index contributed by atoms with van der Waals surface area (Å²) in [6, 6.07) is 4.33. The molecule has 1 saturated carbocycles. The number of nitrogens with zero attached hydrogens (tertiary/aromatic N) is 4. The first-order valence-corrected chi connectivity index (χ1v) is 10.5. The molecule has 5 nitrogen and oxygen atoms in total. The molecular weight excluding hydrogens is 362 g/mol. The van der Waals surface area contributed by atoms with Crippen LogP contribution in [0.15, 0.2) is 29.6 Å². The first-order valence-electron chi connectivity index (χ1n) is 9.21. The highest BCUT2D eigenvalue weighted by atomic mass is 32.1. The van der Waals surface area contributed by atoms with Gasteiger partial charge in [-0.05, 0) is 38.3 Å². The molecule has 0 amide bonds. The van der Waals surface area contributed by atoms with Gasteiger partial charge in [-0.3, -0.25) is 4.90 Å². The molecule has 1 aliphatic heterocycles. The molecule has 0 atom stereocenters. The molecule has 7 heteroatoms. The van der Waals surface area contributed by atoms with Gasteiger partial charge in [0, 0.05) is 52.6 Å². The number of anilines is 1. The van der Waals surface area contributed by atoms with Crippen molar-refractivity contribution in [3.63, 3.8) is 0 Å². The van der Waals surface area contributed by atoms with Crippen LogP contribution in [0, 0.1) is 6.92 Å². The van der Waals surface area contributed by atoms with Crippen molar-refractivity contribution in [1.29, 1.82) is 0 Å². The van der Waals surface area contributed by atoms with E-state index in [1.807, 2.05) is 17.5 Å². The van der Waals surface area contributed by atoms with Gasteiger partial charge < -0.3 is 9.88 Å². The fraction of sp³-hybridized carbons (Fsp3) is 0.474. The smallest absolute Gasteiger partial charge is 0.142 e. The summed E-state index contributed by atoms with van der Waals surface area (Å²) in [5.74, 6) is 1.08. The van der Waals surface area contributed by atoms with Crippen molar-refractivity contribution in [2.45, 2.75) is 36.6 Å². The third-order valence-corrected chi connectivity index (χ3v) is 7.55. The number of nitrogens with one attached hydrogen (secondary N) is 1. The monoisotopic (exact) mass is 385 g/mol. The Bertz CT molecular complexity index is 923. The third-order valence-electron chi connectivity index (χ3n) is 5.83. The number of piperazine rings is 1. The Labute approximate surface area is 162 Å². The molecule has 5 rings (SSSR count). The van der Waals surface area contributed by atoms with Gasteiger partial charge in [-0.1, -0.05) is 0 Å². The lowest BCUT2D eigenvalue weighted by atomic mass is 10.1. The number of aryl methyl sites for hydroxylation is 1. The Morgan fingerprint density at radius 3 is 2.96 bits per heavy atom. The van der Waals surface area contributed by atoms with Gasteiger partial charge >= 0.3 is 0 Å². The van der Waals surface area contributed by atoms with Crippen LogP contribution in [0.2, 0.25) is 0 Å². The number of fused-ring (bicyclic) bond motifs is 1. The quantitative estimate of drug-likeness (QED) is 0.675. The molecule has 1 saturated heterocycles. The Balaban J connectivity index is 1.31. The minimum absolute atomic E-state index is 0.349. The second-order valence-electron chi connectivity index (χ2n) is 7.47. The fourth-order valence-corrected chi connectivity index (χ4v) is 5.48. The number of hydrogen-bond donors (Lipinski definition) is 2. The molecule has 1 N–H and O–H groups in total. The van der Waals surface area contributed by atoms with Crippen LogP contribution >= 0.6 is 24.0 Å². The Kier molecular flexibility index (Phi) is 3.99. The maximum Gasteiger partial charge on any atom is 0.142 e. The van der Waals surface area contributed by atoms with Crippen LogP contribution in [-0.4, -0.2) is 51.6 Å². The van der Waals surface area contributed by atoms with Gasteiger partial charge in [0.1, 0.15) is 17.8 Å². The van der Waals surface area contributed by atoms with E-state index in [1.165, 1.54) is 22.6 Å². The highest BCUT2D eigenvalue weighted by Crippen LogP contribution is 2.45. The molecule has 0 radical (unpaired) electrons. The minimum atomic E-state index is 0.349. The summed E-state index contributed by atoms with van der Waals surface area (Å²) in [6.07, 6.45) is 7.35. The van der Waals surface area contributed by atoms with Crippen molar-refractivity contribution >= 4 is 40.8 Å². The van der Waals surface area contributed by atoms with Crippen LogP contribution < -0.4 is 4.90 Å². The number of aromatic amines is 1. The summed E-state index contributed by atoms with van der Waals surface area (Å²) in [4.78, 5) is 21.2. The molecule has 26 heavy (non-hydrogen) atoms.